The van der Waals surface area contributed by atoms with Crippen LogP contribution in [0.3, 0.4) is 0 Å². The Morgan fingerprint density at radius 1 is 1.46 bits per heavy atom. The molecule has 0 aromatic carbocycles. The van der Waals surface area contributed by atoms with Gasteiger partial charge < -0.3 is 4.90 Å². The summed E-state index contributed by atoms with van der Waals surface area (Å²) in [6.45, 7) is 1.88. The van der Waals surface area contributed by atoms with Gasteiger partial charge >= 0.3 is 0 Å². The van der Waals surface area contributed by atoms with Crippen LogP contribution in [0.2, 0.25) is 5.15 Å². The number of rotatable bonds is 2. The van der Waals surface area contributed by atoms with Crippen LogP contribution < -0.4 is 4.90 Å². The molecule has 13 heavy (non-hydrogen) atoms. The van der Waals surface area contributed by atoms with E-state index in [1.807, 2.05) is 4.90 Å². The van der Waals surface area contributed by atoms with Crippen LogP contribution in [0.15, 0.2) is 6.33 Å². The van der Waals surface area contributed by atoms with Crippen molar-refractivity contribution in [2.75, 3.05) is 18.0 Å². The molecule has 0 spiro atoms. The molecule has 0 aliphatic carbocycles. The van der Waals surface area contributed by atoms with E-state index < -0.39 is 0 Å². The molecule has 68 valence electrons. The molecular formula is C8H8ClN3O. The molecule has 1 aliphatic rings. The number of carbonyl (C=O) groups excluding carboxylic acids is 1. The highest BCUT2D eigenvalue weighted by molar-refractivity contribution is 6.32. The van der Waals surface area contributed by atoms with Gasteiger partial charge in [-0.3, -0.25) is 4.79 Å². The molecule has 2 rings (SSSR count). The Hall–Kier alpha value is -1.16. The van der Waals surface area contributed by atoms with Crippen LogP contribution in [0.1, 0.15) is 16.8 Å². The number of carbonyl (C=O) groups is 1. The largest absolute Gasteiger partial charge is 0.356 e. The van der Waals surface area contributed by atoms with Crippen LogP contribution in [0.25, 0.3) is 0 Å². The van der Waals surface area contributed by atoms with Gasteiger partial charge in [-0.1, -0.05) is 11.6 Å². The fraction of sp³-hybridized carbons (Fsp3) is 0.375. The van der Waals surface area contributed by atoms with E-state index in [1.165, 1.54) is 6.33 Å². The van der Waals surface area contributed by atoms with Crippen LogP contribution in [0.5, 0.6) is 0 Å². The zero-order valence-electron chi connectivity index (χ0n) is 6.90. The number of hydrogen-bond donors (Lipinski definition) is 0. The highest BCUT2D eigenvalue weighted by atomic mass is 35.5. The Kier molecular flexibility index (Phi) is 2.14. The van der Waals surface area contributed by atoms with Gasteiger partial charge in [-0.15, -0.1) is 0 Å². The van der Waals surface area contributed by atoms with Crippen molar-refractivity contribution in [3.63, 3.8) is 0 Å². The van der Waals surface area contributed by atoms with Crippen molar-refractivity contribution in [1.29, 1.82) is 0 Å². The average Bonchev–Trinajstić information content (AvgIpc) is 2.01. The predicted octanol–water partition coefficient (Wildman–Crippen LogP) is 1.15. The number of aldehydes is 1. The first-order valence-electron chi connectivity index (χ1n) is 4.03. The Bertz CT molecular complexity index is 338. The minimum Gasteiger partial charge on any atom is -0.356 e. The van der Waals surface area contributed by atoms with E-state index in [2.05, 4.69) is 9.97 Å². The first kappa shape index (κ1) is 8.44. The Morgan fingerprint density at radius 2 is 2.23 bits per heavy atom. The number of anilines is 1. The number of hydrogen-bond acceptors (Lipinski definition) is 4. The first-order chi connectivity index (χ1) is 6.33. The fourth-order valence-corrected chi connectivity index (χ4v) is 1.42. The van der Waals surface area contributed by atoms with Crippen LogP contribution in [0.4, 0.5) is 5.82 Å². The fourth-order valence-electron chi connectivity index (χ4n) is 1.25. The maximum Gasteiger partial charge on any atom is 0.156 e. The molecule has 5 heteroatoms. The molecule has 1 fully saturated rings. The molecule has 0 atom stereocenters. The molecule has 2 heterocycles. The summed E-state index contributed by atoms with van der Waals surface area (Å²) >= 11 is 5.75. The first-order valence-corrected chi connectivity index (χ1v) is 4.41. The molecule has 0 radical (unpaired) electrons. The lowest BCUT2D eigenvalue weighted by molar-refractivity contribution is 0.112. The van der Waals surface area contributed by atoms with Gasteiger partial charge in [-0.25, -0.2) is 9.97 Å². The second kappa shape index (κ2) is 3.30. The molecule has 1 aromatic rings. The highest BCUT2D eigenvalue weighted by Crippen LogP contribution is 2.24. The summed E-state index contributed by atoms with van der Waals surface area (Å²) in [4.78, 5) is 20.5. The van der Waals surface area contributed by atoms with Gasteiger partial charge in [0.2, 0.25) is 0 Å². The lowest BCUT2D eigenvalue weighted by atomic mass is 10.2. The van der Waals surface area contributed by atoms with Gasteiger partial charge in [-0.2, -0.15) is 0 Å². The zero-order valence-corrected chi connectivity index (χ0v) is 7.66. The van der Waals surface area contributed by atoms with Gasteiger partial charge in [0, 0.05) is 13.1 Å². The van der Waals surface area contributed by atoms with Crippen molar-refractivity contribution in [2.45, 2.75) is 6.42 Å². The molecule has 0 bridgehead atoms. The van der Waals surface area contributed by atoms with Gasteiger partial charge in [0.25, 0.3) is 0 Å². The van der Waals surface area contributed by atoms with Gasteiger partial charge in [0.1, 0.15) is 17.3 Å². The summed E-state index contributed by atoms with van der Waals surface area (Å²) in [6, 6.07) is 0. The molecule has 0 saturated carbocycles. The van der Waals surface area contributed by atoms with E-state index >= 15 is 0 Å². The SMILES string of the molecule is O=Cc1c(Cl)ncnc1N1CCC1. The van der Waals surface area contributed by atoms with Crippen molar-refractivity contribution >= 4 is 23.7 Å². The van der Waals surface area contributed by atoms with E-state index in [0.717, 1.165) is 19.5 Å². The summed E-state index contributed by atoms with van der Waals surface area (Å²) in [5.41, 5.74) is 0.392. The van der Waals surface area contributed by atoms with E-state index in [-0.39, 0.29) is 5.15 Å². The Morgan fingerprint density at radius 3 is 2.77 bits per heavy atom. The number of halogens is 1. The minimum atomic E-state index is 0.229. The standard InChI is InChI=1S/C8H8ClN3O/c9-7-6(4-13)8(11-5-10-7)12-2-1-3-12/h4-5H,1-3H2. The summed E-state index contributed by atoms with van der Waals surface area (Å²) in [6.07, 6.45) is 3.22. The molecular weight excluding hydrogens is 190 g/mol. The quantitative estimate of drug-likeness (QED) is 0.527. The summed E-state index contributed by atoms with van der Waals surface area (Å²) < 4.78 is 0. The molecule has 4 nitrogen and oxygen atoms in total. The molecule has 1 saturated heterocycles. The molecule has 0 N–H and O–H groups in total. The summed E-state index contributed by atoms with van der Waals surface area (Å²) in [5.74, 6) is 0.654. The molecule has 1 aromatic heterocycles. The normalized spacial score (nSPS) is 15.3. The van der Waals surface area contributed by atoms with E-state index in [4.69, 9.17) is 11.6 Å². The van der Waals surface area contributed by atoms with Crippen LogP contribution in [0, 0.1) is 0 Å². The summed E-state index contributed by atoms with van der Waals surface area (Å²) in [7, 11) is 0. The predicted molar refractivity (Wildman–Crippen MR) is 49.3 cm³/mol. The zero-order chi connectivity index (χ0) is 9.26. The molecule has 0 unspecified atom stereocenters. The van der Waals surface area contributed by atoms with Crippen molar-refractivity contribution in [3.8, 4) is 0 Å². The Balaban J connectivity index is 2.42. The highest BCUT2D eigenvalue weighted by Gasteiger charge is 2.20. The lowest BCUT2D eigenvalue weighted by Crippen LogP contribution is -2.38. The third-order valence-electron chi connectivity index (χ3n) is 2.09. The van der Waals surface area contributed by atoms with E-state index in [1.54, 1.807) is 0 Å². The topological polar surface area (TPSA) is 46.1 Å². The van der Waals surface area contributed by atoms with Gasteiger partial charge in [-0.05, 0) is 6.42 Å². The van der Waals surface area contributed by atoms with Crippen molar-refractivity contribution in [2.24, 2.45) is 0 Å². The second-order valence-electron chi connectivity index (χ2n) is 2.86. The molecule has 0 amide bonds. The lowest BCUT2D eigenvalue weighted by Gasteiger charge is -2.32. The minimum absolute atomic E-state index is 0.229. The van der Waals surface area contributed by atoms with E-state index in [0.29, 0.717) is 17.7 Å². The number of nitrogens with zero attached hydrogens (tertiary/aromatic N) is 3. The van der Waals surface area contributed by atoms with E-state index in [9.17, 15) is 4.79 Å². The van der Waals surface area contributed by atoms with Crippen LogP contribution in [-0.4, -0.2) is 29.3 Å². The van der Waals surface area contributed by atoms with Gasteiger partial charge in [0.15, 0.2) is 6.29 Å². The van der Waals surface area contributed by atoms with Crippen molar-refractivity contribution < 1.29 is 4.79 Å². The second-order valence-corrected chi connectivity index (χ2v) is 3.22. The molecule has 1 aliphatic heterocycles. The third kappa shape index (κ3) is 1.37. The maximum atomic E-state index is 10.7. The monoisotopic (exact) mass is 197 g/mol. The van der Waals surface area contributed by atoms with Gasteiger partial charge in [0.05, 0.1) is 5.56 Å². The smallest absolute Gasteiger partial charge is 0.156 e. The average molecular weight is 198 g/mol. The Labute approximate surface area is 80.5 Å². The van der Waals surface area contributed by atoms with Crippen LogP contribution in [-0.2, 0) is 0 Å². The maximum absolute atomic E-state index is 10.7. The third-order valence-corrected chi connectivity index (χ3v) is 2.39. The summed E-state index contributed by atoms with van der Waals surface area (Å²) in [5, 5.41) is 0.229. The number of aromatic nitrogens is 2. The van der Waals surface area contributed by atoms with Crippen LogP contribution >= 0.6 is 11.6 Å². The van der Waals surface area contributed by atoms with Crippen molar-refractivity contribution in [3.05, 3.63) is 17.0 Å². The van der Waals surface area contributed by atoms with Crippen molar-refractivity contribution in [1.82, 2.24) is 9.97 Å².